The van der Waals surface area contributed by atoms with Crippen LogP contribution in [0.25, 0.3) is 0 Å². The lowest BCUT2D eigenvalue weighted by atomic mass is 10.0. The monoisotopic (exact) mass is 347 g/mol. The minimum absolute atomic E-state index is 0.185. The van der Waals surface area contributed by atoms with Crippen LogP contribution in [-0.2, 0) is 9.59 Å². The van der Waals surface area contributed by atoms with E-state index in [1.807, 2.05) is 24.0 Å². The summed E-state index contributed by atoms with van der Waals surface area (Å²) in [5.41, 5.74) is 0.922. The first-order chi connectivity index (χ1) is 11.3. The number of rotatable bonds is 3. The first-order valence-electron chi connectivity index (χ1n) is 7.50. The number of nitrogens with zero attached hydrogens (tertiary/aromatic N) is 2. The van der Waals surface area contributed by atoms with Gasteiger partial charge in [0.15, 0.2) is 0 Å². The van der Waals surface area contributed by atoms with Crippen LogP contribution in [0.1, 0.15) is 26.2 Å². The molecule has 0 saturated carbocycles. The Morgan fingerprint density at radius 2 is 1.96 bits per heavy atom. The molecule has 2 rings (SSSR count). The standard InChI is InChI=1S/C13H19N3O.C2HF3O2/c1-2-13(17)16(11-5-8-14-9-6-11)12-4-3-7-15-10-12;3-2(4,5)1(6)7/h3-4,7,10-11,14H,2,5-6,8-9H2,1H3;(H,6,7). The molecular formula is C15H20F3N3O3. The van der Waals surface area contributed by atoms with Crippen LogP contribution in [0.2, 0.25) is 0 Å². The molecule has 2 heterocycles. The smallest absolute Gasteiger partial charge is 0.475 e. The summed E-state index contributed by atoms with van der Waals surface area (Å²) < 4.78 is 31.7. The Kier molecular flexibility index (Phi) is 7.63. The molecule has 6 nitrogen and oxygen atoms in total. The molecule has 1 amide bonds. The van der Waals surface area contributed by atoms with Gasteiger partial charge in [-0.2, -0.15) is 13.2 Å². The number of carboxylic acids is 1. The highest BCUT2D eigenvalue weighted by molar-refractivity contribution is 5.93. The maximum Gasteiger partial charge on any atom is 0.490 e. The molecule has 1 aliphatic heterocycles. The van der Waals surface area contributed by atoms with Crippen molar-refractivity contribution in [1.29, 1.82) is 0 Å². The van der Waals surface area contributed by atoms with Crippen molar-refractivity contribution in [3.63, 3.8) is 0 Å². The van der Waals surface area contributed by atoms with Crippen LogP contribution in [0.5, 0.6) is 0 Å². The number of alkyl halides is 3. The molecule has 0 radical (unpaired) electrons. The number of amides is 1. The molecular weight excluding hydrogens is 327 g/mol. The number of pyridine rings is 1. The van der Waals surface area contributed by atoms with E-state index in [-0.39, 0.29) is 5.91 Å². The summed E-state index contributed by atoms with van der Waals surface area (Å²) in [6.45, 7) is 3.88. The lowest BCUT2D eigenvalue weighted by molar-refractivity contribution is -0.192. The summed E-state index contributed by atoms with van der Waals surface area (Å²) in [6.07, 6.45) is 0.996. The summed E-state index contributed by atoms with van der Waals surface area (Å²) >= 11 is 0. The highest BCUT2D eigenvalue weighted by atomic mass is 19.4. The van der Waals surface area contributed by atoms with Gasteiger partial charge in [0.25, 0.3) is 0 Å². The van der Waals surface area contributed by atoms with Crippen molar-refractivity contribution in [3.8, 4) is 0 Å². The fourth-order valence-corrected chi connectivity index (χ4v) is 2.29. The van der Waals surface area contributed by atoms with E-state index in [2.05, 4.69) is 10.3 Å². The van der Waals surface area contributed by atoms with Gasteiger partial charge in [-0.1, -0.05) is 6.92 Å². The molecule has 0 atom stereocenters. The summed E-state index contributed by atoms with van der Waals surface area (Å²) in [5, 5.41) is 10.4. The van der Waals surface area contributed by atoms with Crippen LogP contribution < -0.4 is 10.2 Å². The normalized spacial score (nSPS) is 15.2. The summed E-state index contributed by atoms with van der Waals surface area (Å²) in [6, 6.07) is 4.16. The van der Waals surface area contributed by atoms with Crippen molar-refractivity contribution in [2.45, 2.75) is 38.4 Å². The highest BCUT2D eigenvalue weighted by Crippen LogP contribution is 2.21. The minimum atomic E-state index is -5.08. The quantitative estimate of drug-likeness (QED) is 0.876. The second-order valence-electron chi connectivity index (χ2n) is 5.11. The minimum Gasteiger partial charge on any atom is -0.475 e. The third-order valence-corrected chi connectivity index (χ3v) is 3.41. The van der Waals surface area contributed by atoms with Crippen LogP contribution in [0.3, 0.4) is 0 Å². The van der Waals surface area contributed by atoms with E-state index in [1.165, 1.54) is 0 Å². The van der Waals surface area contributed by atoms with Crippen molar-refractivity contribution < 1.29 is 27.9 Å². The summed E-state index contributed by atoms with van der Waals surface area (Å²) in [5.74, 6) is -2.57. The predicted octanol–water partition coefficient (Wildman–Crippen LogP) is 2.21. The molecule has 1 aromatic rings. The van der Waals surface area contributed by atoms with Crippen LogP contribution in [-0.4, -0.2) is 47.3 Å². The average molecular weight is 347 g/mol. The number of aliphatic carboxylic acids is 1. The molecule has 1 fully saturated rings. The van der Waals surface area contributed by atoms with Gasteiger partial charge in [0.05, 0.1) is 11.9 Å². The van der Waals surface area contributed by atoms with Crippen molar-refractivity contribution in [2.75, 3.05) is 18.0 Å². The Morgan fingerprint density at radius 3 is 2.38 bits per heavy atom. The van der Waals surface area contributed by atoms with E-state index < -0.39 is 12.1 Å². The van der Waals surface area contributed by atoms with Gasteiger partial charge < -0.3 is 15.3 Å². The fourth-order valence-electron chi connectivity index (χ4n) is 2.29. The second kappa shape index (κ2) is 9.21. The second-order valence-corrected chi connectivity index (χ2v) is 5.11. The lowest BCUT2D eigenvalue weighted by Crippen LogP contribution is -2.46. The van der Waals surface area contributed by atoms with Gasteiger partial charge in [-0.15, -0.1) is 0 Å². The zero-order valence-electron chi connectivity index (χ0n) is 13.2. The number of hydrogen-bond donors (Lipinski definition) is 2. The maximum absolute atomic E-state index is 12.1. The Balaban J connectivity index is 0.000000351. The van der Waals surface area contributed by atoms with Gasteiger partial charge in [0.2, 0.25) is 5.91 Å². The molecule has 0 spiro atoms. The SMILES string of the molecule is CCC(=O)N(c1cccnc1)C1CCNCC1.O=C(O)C(F)(F)F. The third-order valence-electron chi connectivity index (χ3n) is 3.41. The molecule has 0 bridgehead atoms. The Labute approximate surface area is 137 Å². The number of halogens is 3. The number of anilines is 1. The summed E-state index contributed by atoms with van der Waals surface area (Å²) in [7, 11) is 0. The molecule has 1 saturated heterocycles. The van der Waals surface area contributed by atoms with Crippen molar-refractivity contribution in [1.82, 2.24) is 10.3 Å². The molecule has 9 heteroatoms. The Morgan fingerprint density at radius 1 is 1.38 bits per heavy atom. The number of aromatic nitrogens is 1. The van der Waals surface area contributed by atoms with Crippen LogP contribution in [0, 0.1) is 0 Å². The van der Waals surface area contributed by atoms with Gasteiger partial charge in [0, 0.05) is 18.7 Å². The fraction of sp³-hybridized carbons (Fsp3) is 0.533. The third kappa shape index (κ3) is 6.15. The van der Waals surface area contributed by atoms with Crippen molar-refractivity contribution in [2.24, 2.45) is 0 Å². The number of carboxylic acid groups (broad SMARTS) is 1. The molecule has 134 valence electrons. The van der Waals surface area contributed by atoms with Gasteiger partial charge in [-0.05, 0) is 38.1 Å². The van der Waals surface area contributed by atoms with E-state index in [9.17, 15) is 18.0 Å². The van der Waals surface area contributed by atoms with E-state index in [4.69, 9.17) is 9.90 Å². The van der Waals surface area contributed by atoms with Crippen LogP contribution in [0.4, 0.5) is 18.9 Å². The molecule has 0 aliphatic carbocycles. The first-order valence-corrected chi connectivity index (χ1v) is 7.50. The largest absolute Gasteiger partial charge is 0.490 e. The molecule has 0 unspecified atom stereocenters. The van der Waals surface area contributed by atoms with E-state index in [0.29, 0.717) is 12.5 Å². The number of piperidine rings is 1. The van der Waals surface area contributed by atoms with Gasteiger partial charge in [-0.25, -0.2) is 4.79 Å². The number of nitrogens with one attached hydrogen (secondary N) is 1. The number of carbonyl (C=O) groups excluding carboxylic acids is 1. The van der Waals surface area contributed by atoms with Crippen LogP contribution >= 0.6 is 0 Å². The zero-order valence-corrected chi connectivity index (χ0v) is 13.2. The van der Waals surface area contributed by atoms with Gasteiger partial charge in [-0.3, -0.25) is 9.78 Å². The molecule has 2 N–H and O–H groups in total. The van der Waals surface area contributed by atoms with E-state index in [1.54, 1.807) is 12.4 Å². The predicted molar refractivity (Wildman–Crippen MR) is 81.6 cm³/mol. The van der Waals surface area contributed by atoms with Gasteiger partial charge in [0.1, 0.15) is 0 Å². The highest BCUT2D eigenvalue weighted by Gasteiger charge is 2.38. The van der Waals surface area contributed by atoms with Crippen molar-refractivity contribution >= 4 is 17.6 Å². The van der Waals surface area contributed by atoms with Crippen molar-refractivity contribution in [3.05, 3.63) is 24.5 Å². The Bertz CT molecular complexity index is 532. The van der Waals surface area contributed by atoms with E-state index >= 15 is 0 Å². The molecule has 1 aliphatic rings. The average Bonchev–Trinajstić information content (AvgIpc) is 2.56. The van der Waals surface area contributed by atoms with Gasteiger partial charge >= 0.3 is 12.1 Å². The Hall–Kier alpha value is -2.16. The molecule has 1 aromatic heterocycles. The van der Waals surface area contributed by atoms with Crippen LogP contribution in [0.15, 0.2) is 24.5 Å². The first kappa shape index (κ1) is 19.9. The number of carbonyl (C=O) groups is 2. The number of hydrogen-bond acceptors (Lipinski definition) is 4. The maximum atomic E-state index is 12.1. The lowest BCUT2D eigenvalue weighted by Gasteiger charge is -2.34. The molecule has 0 aromatic carbocycles. The van der Waals surface area contributed by atoms with E-state index in [0.717, 1.165) is 31.6 Å². The zero-order chi connectivity index (χ0) is 18.2. The molecule has 24 heavy (non-hydrogen) atoms. The summed E-state index contributed by atoms with van der Waals surface area (Å²) in [4.78, 5) is 27.0. The topological polar surface area (TPSA) is 82.5 Å².